The van der Waals surface area contributed by atoms with Crippen LogP contribution in [0.2, 0.25) is 18.6 Å². The number of halogens is 1. The third-order valence-corrected chi connectivity index (χ3v) is 12.3. The van der Waals surface area contributed by atoms with Gasteiger partial charge in [0, 0.05) is 41.5 Å². The average molecular weight is 735 g/mol. The van der Waals surface area contributed by atoms with E-state index in [4.69, 9.17) is 4.74 Å². The number of fused-ring (bicyclic) bond motifs is 2. The summed E-state index contributed by atoms with van der Waals surface area (Å²) >= 11 is 0. The molecule has 3 aromatic rings. The minimum Gasteiger partial charge on any atom is -0.395 e. The Hall–Kier alpha value is -4.47. The van der Waals surface area contributed by atoms with Crippen LogP contribution in [0.4, 0.5) is 21.2 Å². The lowest BCUT2D eigenvalue weighted by Crippen LogP contribution is -2.45. The van der Waals surface area contributed by atoms with Crippen LogP contribution < -0.4 is 15.5 Å². The number of ether oxygens (including phenoxy) is 1. The number of nitrogens with zero attached hydrogens (tertiary/aromatic N) is 2. The van der Waals surface area contributed by atoms with Crippen molar-refractivity contribution >= 4 is 49.1 Å². The number of carbonyl (C=O) groups excluding carboxylic acids is 4. The quantitative estimate of drug-likeness (QED) is 0.130. The Morgan fingerprint density at radius 1 is 0.942 bits per heavy atom. The SMILES string of the molecule is C[C@H](O)C(=O)Nc1ccc(CN2C(=O)[C@@]3(O[C@@H](CC(=O)N(CCO)Cc4ccccc4)[C@H]([Si](C)(C)F)[C@H]3C)c3cc(NC(=O)[C@H](C)O)ccc32)cc1. The van der Waals surface area contributed by atoms with Gasteiger partial charge in [0.25, 0.3) is 17.7 Å². The van der Waals surface area contributed by atoms with E-state index in [1.807, 2.05) is 30.3 Å². The summed E-state index contributed by atoms with van der Waals surface area (Å²) in [6, 6.07) is 21.0. The molecule has 3 aromatic carbocycles. The number of amides is 4. The molecule has 0 radical (unpaired) electrons. The van der Waals surface area contributed by atoms with Crippen LogP contribution in [0.5, 0.6) is 0 Å². The summed E-state index contributed by atoms with van der Waals surface area (Å²) in [5.74, 6) is -2.74. The molecule has 0 unspecified atom stereocenters. The van der Waals surface area contributed by atoms with Crippen molar-refractivity contribution in [3.63, 3.8) is 0 Å². The van der Waals surface area contributed by atoms with Crippen LogP contribution in [0.3, 0.4) is 0 Å². The standard InChI is InChI=1S/C38H47FN4O8Si/c1-23-34(52(4,5)39)32(20-33(47)42(17-18-44)21-26-9-7-6-8-10-26)51-38(23)30-19-29(41-36(49)25(3)46)15-16-31(30)43(37(38)50)22-27-11-13-28(14-12-27)40-35(48)24(2)45/h6-16,19,23-25,32,34,44-46H,17-18,20-22H2,1-5H3,(H,40,48)(H,41,49)/t23-,24+,25+,32+,34-,38+/m1/s1. The van der Waals surface area contributed by atoms with E-state index in [1.54, 1.807) is 62.5 Å². The molecule has 1 fully saturated rings. The van der Waals surface area contributed by atoms with Gasteiger partial charge in [-0.15, -0.1) is 0 Å². The van der Waals surface area contributed by atoms with Crippen LogP contribution in [-0.2, 0) is 42.6 Å². The number of nitrogens with one attached hydrogen (secondary N) is 2. The summed E-state index contributed by atoms with van der Waals surface area (Å²) in [5.41, 5.74) is 0.715. The van der Waals surface area contributed by atoms with Crippen molar-refractivity contribution in [2.45, 2.75) is 82.8 Å². The number of hydrogen-bond acceptors (Lipinski definition) is 8. The van der Waals surface area contributed by atoms with Gasteiger partial charge in [-0.05, 0) is 68.4 Å². The van der Waals surface area contributed by atoms with Crippen molar-refractivity contribution in [1.82, 2.24) is 4.90 Å². The highest BCUT2D eigenvalue weighted by atomic mass is 28.4. The Labute approximate surface area is 303 Å². The first kappa shape index (κ1) is 38.8. The van der Waals surface area contributed by atoms with Gasteiger partial charge < -0.3 is 44.6 Å². The van der Waals surface area contributed by atoms with E-state index in [0.29, 0.717) is 28.2 Å². The Bertz CT molecular complexity index is 1790. The lowest BCUT2D eigenvalue weighted by Gasteiger charge is -2.31. The Balaban J connectivity index is 1.52. The third kappa shape index (κ3) is 7.95. The molecule has 0 saturated carbocycles. The zero-order valence-corrected chi connectivity index (χ0v) is 31.0. The van der Waals surface area contributed by atoms with Gasteiger partial charge >= 0.3 is 0 Å². The van der Waals surface area contributed by atoms with Gasteiger partial charge in [-0.2, -0.15) is 0 Å². The van der Waals surface area contributed by atoms with E-state index in [9.17, 15) is 34.5 Å². The second-order valence-electron chi connectivity index (χ2n) is 14.2. The average Bonchev–Trinajstić information content (AvgIpc) is 3.51. The molecule has 2 aliphatic heterocycles. The molecule has 1 spiro atoms. The Morgan fingerprint density at radius 2 is 1.54 bits per heavy atom. The van der Waals surface area contributed by atoms with E-state index in [-0.39, 0.29) is 38.6 Å². The summed E-state index contributed by atoms with van der Waals surface area (Å²) in [5, 5.41) is 34.5. The zero-order valence-electron chi connectivity index (χ0n) is 30.0. The molecule has 12 nitrogen and oxygen atoms in total. The first-order chi connectivity index (χ1) is 24.6. The first-order valence-electron chi connectivity index (χ1n) is 17.4. The second kappa shape index (κ2) is 15.6. The fourth-order valence-electron chi connectivity index (χ4n) is 7.37. The van der Waals surface area contributed by atoms with Gasteiger partial charge in [0.2, 0.25) is 14.3 Å². The minimum absolute atomic E-state index is 0.0611. The summed E-state index contributed by atoms with van der Waals surface area (Å²) in [6.07, 6.45) is -3.69. The van der Waals surface area contributed by atoms with Gasteiger partial charge in [0.15, 0.2) is 5.60 Å². The predicted molar refractivity (Wildman–Crippen MR) is 196 cm³/mol. The summed E-state index contributed by atoms with van der Waals surface area (Å²) < 4.78 is 23.3. The monoisotopic (exact) mass is 734 g/mol. The number of benzene rings is 3. The van der Waals surface area contributed by atoms with Crippen LogP contribution in [0, 0.1) is 5.92 Å². The number of carbonyl (C=O) groups is 4. The molecule has 278 valence electrons. The number of aliphatic hydroxyl groups excluding tert-OH is 3. The normalized spacial score (nSPS) is 22.2. The highest BCUT2D eigenvalue weighted by Gasteiger charge is 2.67. The van der Waals surface area contributed by atoms with Gasteiger partial charge in [0.05, 0.1) is 31.4 Å². The molecule has 5 N–H and O–H groups in total. The number of aliphatic hydroxyl groups is 3. The summed E-state index contributed by atoms with van der Waals surface area (Å²) in [7, 11) is -3.64. The molecular weight excluding hydrogens is 688 g/mol. The Morgan fingerprint density at radius 3 is 2.12 bits per heavy atom. The number of anilines is 3. The molecule has 5 rings (SSSR count). The maximum Gasteiger partial charge on any atom is 0.264 e. The van der Waals surface area contributed by atoms with Crippen LogP contribution in [0.25, 0.3) is 0 Å². The molecule has 1 saturated heterocycles. The van der Waals surface area contributed by atoms with Crippen molar-refractivity contribution in [2.24, 2.45) is 5.92 Å². The van der Waals surface area contributed by atoms with Crippen LogP contribution >= 0.6 is 0 Å². The fraction of sp³-hybridized carbons (Fsp3) is 0.421. The predicted octanol–water partition coefficient (Wildman–Crippen LogP) is 4.06. The minimum atomic E-state index is -3.64. The van der Waals surface area contributed by atoms with E-state index in [2.05, 4.69) is 10.6 Å². The number of rotatable bonds is 13. The molecule has 2 aliphatic rings. The molecular formula is C38H47FN4O8Si. The third-order valence-electron chi connectivity index (χ3n) is 9.86. The van der Waals surface area contributed by atoms with Crippen molar-refractivity contribution in [2.75, 3.05) is 28.7 Å². The molecule has 4 amide bonds. The highest BCUT2D eigenvalue weighted by molar-refractivity contribution is 6.72. The molecule has 2 heterocycles. The van der Waals surface area contributed by atoms with E-state index >= 15 is 4.11 Å². The molecule has 52 heavy (non-hydrogen) atoms. The Kier molecular flexibility index (Phi) is 11.7. The largest absolute Gasteiger partial charge is 0.395 e. The van der Waals surface area contributed by atoms with Gasteiger partial charge in [-0.25, -0.2) is 0 Å². The summed E-state index contributed by atoms with van der Waals surface area (Å²) in [6.45, 7) is 7.64. The van der Waals surface area contributed by atoms with Crippen LogP contribution in [-0.4, -0.2) is 83.7 Å². The van der Waals surface area contributed by atoms with Crippen molar-refractivity contribution in [3.05, 3.63) is 89.5 Å². The maximum atomic E-state index is 16.5. The lowest BCUT2D eigenvalue weighted by molar-refractivity contribution is -0.150. The number of hydrogen-bond donors (Lipinski definition) is 5. The first-order valence-corrected chi connectivity index (χ1v) is 20.3. The van der Waals surface area contributed by atoms with E-state index in [0.717, 1.165) is 5.56 Å². The van der Waals surface area contributed by atoms with Gasteiger partial charge in [-0.3, -0.25) is 19.2 Å². The van der Waals surface area contributed by atoms with Gasteiger partial charge in [0.1, 0.15) is 12.2 Å². The fourth-order valence-corrected chi connectivity index (χ4v) is 9.86. The smallest absolute Gasteiger partial charge is 0.264 e. The van der Waals surface area contributed by atoms with Crippen LogP contribution in [0.1, 0.15) is 43.9 Å². The molecule has 0 aromatic heterocycles. The second-order valence-corrected chi connectivity index (χ2v) is 17.9. The van der Waals surface area contributed by atoms with E-state index < -0.39 is 61.5 Å². The maximum absolute atomic E-state index is 16.5. The molecule has 0 aliphatic carbocycles. The van der Waals surface area contributed by atoms with Crippen LogP contribution in [0.15, 0.2) is 72.8 Å². The topological polar surface area (TPSA) is 169 Å². The lowest BCUT2D eigenvalue weighted by atomic mass is 9.82. The zero-order chi connectivity index (χ0) is 38.0. The van der Waals surface area contributed by atoms with E-state index in [1.165, 1.54) is 23.6 Å². The summed E-state index contributed by atoms with van der Waals surface area (Å²) in [4.78, 5) is 56.3. The molecule has 0 bridgehead atoms. The molecule has 6 atom stereocenters. The van der Waals surface area contributed by atoms with Crippen molar-refractivity contribution in [3.8, 4) is 0 Å². The van der Waals surface area contributed by atoms with Crippen molar-refractivity contribution in [1.29, 1.82) is 0 Å². The van der Waals surface area contributed by atoms with Gasteiger partial charge in [-0.1, -0.05) is 49.4 Å². The highest BCUT2D eigenvalue weighted by Crippen LogP contribution is 2.60. The molecule has 14 heteroatoms. The van der Waals surface area contributed by atoms with Crippen molar-refractivity contribution < 1.29 is 43.3 Å².